The average Bonchev–Trinajstić information content (AvgIpc) is 2.55. The van der Waals surface area contributed by atoms with Gasteiger partial charge in [-0.1, -0.05) is 30.3 Å². The fraction of sp³-hybridized carbons (Fsp3) is 0.200. The molecule has 0 amide bonds. The van der Waals surface area contributed by atoms with Gasteiger partial charge in [0.05, 0.1) is 28.7 Å². The van der Waals surface area contributed by atoms with E-state index in [-0.39, 0.29) is 18.5 Å². The predicted molar refractivity (Wildman–Crippen MR) is 89.8 cm³/mol. The molecule has 2 rings (SSSR count). The van der Waals surface area contributed by atoms with E-state index >= 15 is 0 Å². The molecule has 0 fully saturated rings. The quantitative estimate of drug-likeness (QED) is 0.387. The SMILES string of the molecule is CCOP(=O)(Cc1ccccc1)Oc1ccc([N+](=O)[O-])cc1[N+](=O)[O-]. The second-order valence-corrected chi connectivity index (χ2v) is 6.91. The Balaban J connectivity index is 2.37. The number of non-ortho nitro benzene ring substituents is 1. The van der Waals surface area contributed by atoms with E-state index in [0.717, 1.165) is 18.2 Å². The van der Waals surface area contributed by atoms with Gasteiger partial charge in [-0.15, -0.1) is 0 Å². The number of nitrogens with zero attached hydrogens (tertiary/aromatic N) is 2. The van der Waals surface area contributed by atoms with Crippen LogP contribution in [0.3, 0.4) is 0 Å². The highest BCUT2D eigenvalue weighted by molar-refractivity contribution is 7.53. The molecule has 2 aromatic carbocycles. The summed E-state index contributed by atoms with van der Waals surface area (Å²) in [4.78, 5) is 20.4. The second kappa shape index (κ2) is 7.87. The zero-order chi connectivity index (χ0) is 18.4. The van der Waals surface area contributed by atoms with Gasteiger partial charge in [-0.3, -0.25) is 24.8 Å². The summed E-state index contributed by atoms with van der Waals surface area (Å²) in [7, 11) is -3.74. The Bertz CT molecular complexity index is 826. The molecule has 0 spiro atoms. The van der Waals surface area contributed by atoms with Crippen LogP contribution in [0.25, 0.3) is 0 Å². The molecule has 0 saturated carbocycles. The highest BCUT2D eigenvalue weighted by Gasteiger charge is 2.31. The molecule has 0 aliphatic carbocycles. The first-order valence-corrected chi connectivity index (χ1v) is 8.97. The van der Waals surface area contributed by atoms with Gasteiger partial charge < -0.3 is 4.52 Å². The molecule has 1 unspecified atom stereocenters. The molecular formula is C15H15N2O7P. The molecule has 0 aromatic heterocycles. The van der Waals surface area contributed by atoms with Gasteiger partial charge in [-0.2, -0.15) is 0 Å². The molecule has 1 atom stereocenters. The third-order valence-corrected chi connectivity index (χ3v) is 5.01. The zero-order valence-electron chi connectivity index (χ0n) is 13.2. The van der Waals surface area contributed by atoms with Crippen molar-refractivity contribution >= 4 is 19.0 Å². The lowest BCUT2D eigenvalue weighted by molar-refractivity contribution is -0.394. The molecule has 0 bridgehead atoms. The van der Waals surface area contributed by atoms with Gasteiger partial charge >= 0.3 is 13.3 Å². The van der Waals surface area contributed by atoms with E-state index in [1.54, 1.807) is 37.3 Å². The molecule has 0 aliphatic heterocycles. The van der Waals surface area contributed by atoms with Crippen LogP contribution in [0.5, 0.6) is 5.75 Å². The van der Waals surface area contributed by atoms with Crippen LogP contribution in [0.15, 0.2) is 48.5 Å². The fourth-order valence-corrected chi connectivity index (χ4v) is 3.81. The van der Waals surface area contributed by atoms with Crippen molar-refractivity contribution in [2.24, 2.45) is 0 Å². The van der Waals surface area contributed by atoms with E-state index in [9.17, 15) is 24.8 Å². The Hall–Kier alpha value is -2.77. The minimum atomic E-state index is -3.74. The van der Waals surface area contributed by atoms with E-state index in [0.29, 0.717) is 5.56 Å². The summed E-state index contributed by atoms with van der Waals surface area (Å²) in [5.74, 6) is -0.344. The minimum absolute atomic E-state index is 0.0743. The lowest BCUT2D eigenvalue weighted by Crippen LogP contribution is -2.04. The number of nitro groups is 2. The number of hydrogen-bond donors (Lipinski definition) is 0. The van der Waals surface area contributed by atoms with Crippen LogP contribution in [0, 0.1) is 20.2 Å². The number of benzene rings is 2. The lowest BCUT2D eigenvalue weighted by atomic mass is 10.2. The molecular weight excluding hydrogens is 351 g/mol. The smallest absolute Gasteiger partial charge is 0.383 e. The molecule has 0 heterocycles. The largest absolute Gasteiger partial charge is 0.417 e. The molecule has 25 heavy (non-hydrogen) atoms. The Kier molecular flexibility index (Phi) is 5.84. The summed E-state index contributed by atoms with van der Waals surface area (Å²) >= 11 is 0. The molecule has 0 saturated heterocycles. The van der Waals surface area contributed by atoms with Crippen molar-refractivity contribution < 1.29 is 23.5 Å². The molecule has 0 aliphatic rings. The zero-order valence-corrected chi connectivity index (χ0v) is 14.1. The Morgan fingerprint density at radius 3 is 2.28 bits per heavy atom. The highest BCUT2D eigenvalue weighted by atomic mass is 31.2. The summed E-state index contributed by atoms with van der Waals surface area (Å²) in [6.45, 7) is 1.69. The Labute approximate surface area is 143 Å². The maximum atomic E-state index is 12.9. The van der Waals surface area contributed by atoms with Crippen molar-refractivity contribution in [2.45, 2.75) is 13.1 Å². The Morgan fingerprint density at radius 1 is 1.04 bits per heavy atom. The van der Waals surface area contributed by atoms with Crippen LogP contribution in [0.4, 0.5) is 11.4 Å². The topological polar surface area (TPSA) is 122 Å². The highest BCUT2D eigenvalue weighted by Crippen LogP contribution is 2.53. The molecule has 132 valence electrons. The molecule has 0 N–H and O–H groups in total. The van der Waals surface area contributed by atoms with Crippen LogP contribution in [0.2, 0.25) is 0 Å². The third kappa shape index (κ3) is 4.85. The minimum Gasteiger partial charge on any atom is -0.417 e. The van der Waals surface area contributed by atoms with Gasteiger partial charge in [0.1, 0.15) is 0 Å². The van der Waals surface area contributed by atoms with E-state index in [1.165, 1.54) is 0 Å². The summed E-state index contributed by atoms with van der Waals surface area (Å²) < 4.78 is 23.5. The van der Waals surface area contributed by atoms with Crippen molar-refractivity contribution in [2.75, 3.05) is 6.61 Å². The first kappa shape index (κ1) is 18.6. The van der Waals surface area contributed by atoms with E-state index in [1.807, 2.05) is 0 Å². The van der Waals surface area contributed by atoms with Crippen LogP contribution >= 0.6 is 7.60 Å². The standard InChI is InChI=1S/C15H15N2O7P/c1-2-23-25(22,11-12-6-4-3-5-7-12)24-15-9-8-13(16(18)19)10-14(15)17(20)21/h3-10H,2,11H2,1H3. The summed E-state index contributed by atoms with van der Waals surface area (Å²) in [5, 5.41) is 21.9. The van der Waals surface area contributed by atoms with Crippen LogP contribution < -0.4 is 4.52 Å². The first-order chi connectivity index (χ1) is 11.8. The van der Waals surface area contributed by atoms with Crippen molar-refractivity contribution in [3.05, 3.63) is 74.3 Å². The van der Waals surface area contributed by atoms with Gasteiger partial charge in [-0.25, -0.2) is 4.57 Å². The summed E-state index contributed by atoms with van der Waals surface area (Å²) in [6.07, 6.45) is -0.0875. The maximum absolute atomic E-state index is 12.9. The van der Waals surface area contributed by atoms with Gasteiger partial charge in [0, 0.05) is 6.07 Å². The molecule has 10 heteroatoms. The second-order valence-electron chi connectivity index (χ2n) is 4.93. The van der Waals surface area contributed by atoms with Gasteiger partial charge in [0.15, 0.2) is 0 Å². The van der Waals surface area contributed by atoms with Crippen molar-refractivity contribution in [3.8, 4) is 5.75 Å². The van der Waals surface area contributed by atoms with Crippen LogP contribution in [0.1, 0.15) is 12.5 Å². The monoisotopic (exact) mass is 366 g/mol. The summed E-state index contributed by atoms with van der Waals surface area (Å²) in [6, 6.07) is 11.6. The van der Waals surface area contributed by atoms with Gasteiger partial charge in [0.2, 0.25) is 5.75 Å². The third-order valence-electron chi connectivity index (χ3n) is 3.13. The maximum Gasteiger partial charge on any atom is 0.383 e. The lowest BCUT2D eigenvalue weighted by Gasteiger charge is -2.18. The van der Waals surface area contributed by atoms with Crippen LogP contribution in [-0.4, -0.2) is 16.5 Å². The molecule has 2 aromatic rings. The van der Waals surface area contributed by atoms with Crippen molar-refractivity contribution in [1.29, 1.82) is 0 Å². The van der Waals surface area contributed by atoms with Gasteiger partial charge in [0.25, 0.3) is 5.69 Å². The average molecular weight is 366 g/mol. The van der Waals surface area contributed by atoms with Gasteiger partial charge in [-0.05, 0) is 18.6 Å². The van der Waals surface area contributed by atoms with Crippen molar-refractivity contribution in [3.63, 3.8) is 0 Å². The number of nitro benzene ring substituents is 2. The van der Waals surface area contributed by atoms with E-state index in [2.05, 4.69) is 0 Å². The fourth-order valence-electron chi connectivity index (χ4n) is 2.10. The first-order valence-electron chi connectivity index (χ1n) is 7.24. The molecule has 0 radical (unpaired) electrons. The normalized spacial score (nSPS) is 13.0. The predicted octanol–water partition coefficient (Wildman–Crippen LogP) is 4.31. The molecule has 9 nitrogen and oxygen atoms in total. The van der Waals surface area contributed by atoms with E-state index in [4.69, 9.17) is 9.05 Å². The van der Waals surface area contributed by atoms with E-state index < -0.39 is 28.8 Å². The number of rotatable bonds is 8. The Morgan fingerprint density at radius 2 is 1.72 bits per heavy atom. The van der Waals surface area contributed by atoms with Crippen LogP contribution in [-0.2, 0) is 15.3 Å². The van der Waals surface area contributed by atoms with Crippen molar-refractivity contribution in [1.82, 2.24) is 0 Å². The summed E-state index contributed by atoms with van der Waals surface area (Å²) in [5.41, 5.74) is -0.445. The number of hydrogen-bond acceptors (Lipinski definition) is 7.